The lowest BCUT2D eigenvalue weighted by atomic mass is 9.73. The fraction of sp³-hybridized carbons (Fsp3) is 0.647. The highest BCUT2D eigenvalue weighted by Crippen LogP contribution is 2.35. The summed E-state index contributed by atoms with van der Waals surface area (Å²) in [5, 5.41) is 0. The van der Waals surface area contributed by atoms with Crippen molar-refractivity contribution < 1.29 is 13.2 Å². The maximum absolute atomic E-state index is 12.7. The Morgan fingerprint density at radius 3 is 2.62 bits per heavy atom. The summed E-state index contributed by atoms with van der Waals surface area (Å²) in [7, 11) is 0. The molecular weight excluding hydrogens is 275 g/mol. The Balaban J connectivity index is 2.06. The highest BCUT2D eigenvalue weighted by atomic mass is 19.4. The van der Waals surface area contributed by atoms with Gasteiger partial charge in [0.25, 0.3) is 0 Å². The van der Waals surface area contributed by atoms with E-state index in [2.05, 4.69) is 6.92 Å². The topological polar surface area (TPSA) is 26.0 Å². The van der Waals surface area contributed by atoms with Gasteiger partial charge in [-0.2, -0.15) is 13.2 Å². The number of rotatable bonds is 4. The Morgan fingerprint density at radius 2 is 1.95 bits per heavy atom. The smallest absolute Gasteiger partial charge is 0.327 e. The van der Waals surface area contributed by atoms with Crippen LogP contribution in [0.15, 0.2) is 24.3 Å². The van der Waals surface area contributed by atoms with Gasteiger partial charge in [0, 0.05) is 6.04 Å². The highest BCUT2D eigenvalue weighted by molar-refractivity contribution is 5.26. The van der Waals surface area contributed by atoms with E-state index in [0.29, 0.717) is 23.8 Å². The second-order valence-corrected chi connectivity index (χ2v) is 6.18. The molecule has 0 amide bonds. The van der Waals surface area contributed by atoms with Gasteiger partial charge < -0.3 is 5.73 Å². The van der Waals surface area contributed by atoms with Gasteiger partial charge in [0.2, 0.25) is 0 Å². The van der Waals surface area contributed by atoms with Crippen LogP contribution in [0.3, 0.4) is 0 Å². The first kappa shape index (κ1) is 16.3. The third-order valence-corrected chi connectivity index (χ3v) is 4.77. The van der Waals surface area contributed by atoms with Crippen molar-refractivity contribution in [1.82, 2.24) is 0 Å². The van der Waals surface area contributed by atoms with Gasteiger partial charge in [0.15, 0.2) is 0 Å². The Morgan fingerprint density at radius 1 is 1.24 bits per heavy atom. The third kappa shape index (κ3) is 4.22. The molecule has 0 aromatic heterocycles. The number of nitrogens with two attached hydrogens (primary N) is 1. The molecule has 118 valence electrons. The van der Waals surface area contributed by atoms with Gasteiger partial charge in [-0.05, 0) is 36.3 Å². The standard InChI is InChI=1S/C17H24F3N/c1-2-13-7-3-4-9-15(13)16(21)11-12-6-5-8-14(10-12)17(18,19)20/h5-6,8,10,13,15-16H,2-4,7,9,11,21H2,1H3. The quantitative estimate of drug-likeness (QED) is 0.849. The summed E-state index contributed by atoms with van der Waals surface area (Å²) < 4.78 is 38.2. The summed E-state index contributed by atoms with van der Waals surface area (Å²) in [4.78, 5) is 0. The second-order valence-electron chi connectivity index (χ2n) is 6.18. The molecular formula is C17H24F3N. The Kier molecular flexibility index (Phi) is 5.31. The van der Waals surface area contributed by atoms with Crippen LogP contribution in [0.25, 0.3) is 0 Å². The number of hydrogen-bond acceptors (Lipinski definition) is 1. The summed E-state index contributed by atoms with van der Waals surface area (Å²) in [5.74, 6) is 1.07. The van der Waals surface area contributed by atoms with E-state index < -0.39 is 11.7 Å². The second kappa shape index (κ2) is 6.82. The van der Waals surface area contributed by atoms with Gasteiger partial charge in [-0.1, -0.05) is 50.8 Å². The van der Waals surface area contributed by atoms with E-state index in [0.717, 1.165) is 18.9 Å². The van der Waals surface area contributed by atoms with Gasteiger partial charge in [-0.25, -0.2) is 0 Å². The maximum atomic E-state index is 12.7. The summed E-state index contributed by atoms with van der Waals surface area (Å²) in [6.45, 7) is 2.18. The molecule has 1 fully saturated rings. The molecule has 0 bridgehead atoms. The molecule has 1 nitrogen and oxygen atoms in total. The zero-order valence-electron chi connectivity index (χ0n) is 12.5. The Labute approximate surface area is 124 Å². The van der Waals surface area contributed by atoms with Crippen LogP contribution in [-0.2, 0) is 12.6 Å². The van der Waals surface area contributed by atoms with Crippen molar-refractivity contribution >= 4 is 0 Å². The first-order chi connectivity index (χ1) is 9.91. The van der Waals surface area contributed by atoms with Crippen molar-refractivity contribution in [3.05, 3.63) is 35.4 Å². The zero-order chi connectivity index (χ0) is 15.5. The summed E-state index contributed by atoms with van der Waals surface area (Å²) in [6.07, 6.45) is 2.13. The van der Waals surface area contributed by atoms with Crippen LogP contribution < -0.4 is 5.73 Å². The van der Waals surface area contributed by atoms with Gasteiger partial charge in [0.05, 0.1) is 5.56 Å². The number of hydrogen-bond donors (Lipinski definition) is 1. The van der Waals surface area contributed by atoms with E-state index in [9.17, 15) is 13.2 Å². The van der Waals surface area contributed by atoms with Crippen LogP contribution in [0.5, 0.6) is 0 Å². The molecule has 3 atom stereocenters. The highest BCUT2D eigenvalue weighted by Gasteiger charge is 2.31. The van der Waals surface area contributed by atoms with Crippen molar-refractivity contribution in [2.45, 2.75) is 57.7 Å². The van der Waals surface area contributed by atoms with Gasteiger partial charge in [-0.15, -0.1) is 0 Å². The van der Waals surface area contributed by atoms with Crippen molar-refractivity contribution in [2.24, 2.45) is 17.6 Å². The first-order valence-corrected chi connectivity index (χ1v) is 7.83. The van der Waals surface area contributed by atoms with Gasteiger partial charge in [-0.3, -0.25) is 0 Å². The Bertz CT molecular complexity index is 456. The van der Waals surface area contributed by atoms with Gasteiger partial charge >= 0.3 is 6.18 Å². The maximum Gasteiger partial charge on any atom is 0.416 e. The van der Waals surface area contributed by atoms with Crippen LogP contribution in [0.2, 0.25) is 0 Å². The molecule has 0 heterocycles. The molecule has 1 saturated carbocycles. The Hall–Kier alpha value is -1.03. The van der Waals surface area contributed by atoms with Crippen molar-refractivity contribution in [2.75, 3.05) is 0 Å². The van der Waals surface area contributed by atoms with E-state index in [-0.39, 0.29) is 6.04 Å². The summed E-state index contributed by atoms with van der Waals surface area (Å²) in [6, 6.07) is 5.54. The zero-order valence-corrected chi connectivity index (χ0v) is 12.5. The number of alkyl halides is 3. The van der Waals surface area contributed by atoms with Crippen LogP contribution >= 0.6 is 0 Å². The lowest BCUT2D eigenvalue weighted by Crippen LogP contribution is -2.38. The van der Waals surface area contributed by atoms with E-state index in [4.69, 9.17) is 5.73 Å². The minimum Gasteiger partial charge on any atom is -0.327 e. The number of benzene rings is 1. The van der Waals surface area contributed by atoms with Crippen molar-refractivity contribution in [1.29, 1.82) is 0 Å². The minimum absolute atomic E-state index is 0.0428. The lowest BCUT2D eigenvalue weighted by molar-refractivity contribution is -0.137. The average Bonchev–Trinajstić information content (AvgIpc) is 2.46. The van der Waals surface area contributed by atoms with E-state index >= 15 is 0 Å². The fourth-order valence-electron chi connectivity index (χ4n) is 3.61. The lowest BCUT2D eigenvalue weighted by Gasteiger charge is -2.35. The molecule has 4 heteroatoms. The molecule has 21 heavy (non-hydrogen) atoms. The average molecular weight is 299 g/mol. The molecule has 0 radical (unpaired) electrons. The van der Waals surface area contributed by atoms with Crippen molar-refractivity contribution in [3.8, 4) is 0 Å². The predicted octanol–water partition coefficient (Wildman–Crippen LogP) is 4.79. The SMILES string of the molecule is CCC1CCCCC1C(N)Cc1cccc(C(F)(F)F)c1. The molecule has 2 rings (SSSR count). The summed E-state index contributed by atoms with van der Waals surface area (Å²) >= 11 is 0. The molecule has 3 unspecified atom stereocenters. The number of halogens is 3. The molecule has 1 aliphatic rings. The van der Waals surface area contributed by atoms with Crippen LogP contribution in [-0.4, -0.2) is 6.04 Å². The fourth-order valence-corrected chi connectivity index (χ4v) is 3.61. The van der Waals surface area contributed by atoms with E-state index in [1.165, 1.54) is 31.4 Å². The van der Waals surface area contributed by atoms with E-state index in [1.54, 1.807) is 6.07 Å². The van der Waals surface area contributed by atoms with E-state index in [1.807, 2.05) is 0 Å². The first-order valence-electron chi connectivity index (χ1n) is 7.83. The largest absolute Gasteiger partial charge is 0.416 e. The molecule has 0 saturated heterocycles. The molecule has 1 aliphatic carbocycles. The van der Waals surface area contributed by atoms with Crippen LogP contribution in [0, 0.1) is 11.8 Å². The van der Waals surface area contributed by atoms with Gasteiger partial charge in [0.1, 0.15) is 0 Å². The predicted molar refractivity (Wildman–Crippen MR) is 78.9 cm³/mol. The monoisotopic (exact) mass is 299 g/mol. The summed E-state index contributed by atoms with van der Waals surface area (Å²) in [5.41, 5.74) is 6.44. The minimum atomic E-state index is -4.28. The molecule has 0 aliphatic heterocycles. The third-order valence-electron chi connectivity index (χ3n) is 4.77. The normalized spacial score (nSPS) is 24.8. The molecule has 2 N–H and O–H groups in total. The van der Waals surface area contributed by atoms with Crippen LogP contribution in [0.4, 0.5) is 13.2 Å². The molecule has 1 aromatic carbocycles. The van der Waals surface area contributed by atoms with Crippen LogP contribution in [0.1, 0.15) is 50.2 Å². The molecule has 0 spiro atoms. The molecule has 1 aromatic rings. The van der Waals surface area contributed by atoms with Crippen molar-refractivity contribution in [3.63, 3.8) is 0 Å².